The summed E-state index contributed by atoms with van der Waals surface area (Å²) in [6.45, 7) is 4.59. The molecule has 0 fully saturated rings. The second kappa shape index (κ2) is 9.77. The molecule has 33 heavy (non-hydrogen) atoms. The number of aromatic nitrogens is 1. The first-order valence-corrected chi connectivity index (χ1v) is 11.0. The SMILES string of the molecule is CCCC(=O)NCCCN=C(c1ccc2c(c1)OCO2)c1c(O)[nH]c2ccc(C(C)=O)cc12. The topological polar surface area (TPSA) is 113 Å². The summed E-state index contributed by atoms with van der Waals surface area (Å²) >= 11 is 0. The number of aliphatic imine (C=N–C) groups is 1. The van der Waals surface area contributed by atoms with Crippen molar-refractivity contribution in [3.63, 3.8) is 0 Å². The summed E-state index contributed by atoms with van der Waals surface area (Å²) in [5, 5.41) is 14.4. The predicted molar refractivity (Wildman–Crippen MR) is 126 cm³/mol. The van der Waals surface area contributed by atoms with Crippen LogP contribution >= 0.6 is 0 Å². The molecule has 0 bridgehead atoms. The lowest BCUT2D eigenvalue weighted by atomic mass is 9.98. The second-order valence-electron chi connectivity index (χ2n) is 7.92. The quantitative estimate of drug-likeness (QED) is 0.260. The maximum Gasteiger partial charge on any atom is 0.231 e. The minimum Gasteiger partial charge on any atom is -0.494 e. The molecular formula is C25H27N3O5. The summed E-state index contributed by atoms with van der Waals surface area (Å²) < 4.78 is 10.9. The van der Waals surface area contributed by atoms with E-state index in [9.17, 15) is 14.7 Å². The van der Waals surface area contributed by atoms with Crippen LogP contribution in [0.5, 0.6) is 17.4 Å². The molecule has 3 aromatic rings. The van der Waals surface area contributed by atoms with Crippen molar-refractivity contribution in [1.29, 1.82) is 0 Å². The standard InChI is InChI=1S/C25H27N3O5/c1-3-5-22(30)26-10-4-11-27-24(17-7-9-20-21(13-17)33-14-32-20)23-18-12-16(15(2)29)6-8-19(18)28-25(23)31/h6-9,12-13,28,31H,3-5,10-11,14H2,1-2H3,(H,26,30). The number of hydrogen-bond acceptors (Lipinski definition) is 6. The van der Waals surface area contributed by atoms with Gasteiger partial charge < -0.3 is 24.9 Å². The minimum atomic E-state index is -0.0621. The number of amides is 1. The fraction of sp³-hybridized carbons (Fsp3) is 0.320. The molecular weight excluding hydrogens is 422 g/mol. The first-order chi connectivity index (χ1) is 16.0. The van der Waals surface area contributed by atoms with Crippen molar-refractivity contribution >= 4 is 28.3 Å². The van der Waals surface area contributed by atoms with Gasteiger partial charge in [-0.2, -0.15) is 0 Å². The lowest BCUT2D eigenvalue weighted by Crippen LogP contribution is -2.24. The van der Waals surface area contributed by atoms with Gasteiger partial charge >= 0.3 is 0 Å². The van der Waals surface area contributed by atoms with E-state index in [4.69, 9.17) is 14.5 Å². The summed E-state index contributed by atoms with van der Waals surface area (Å²) in [5.41, 5.74) is 3.08. The number of carbonyl (C=O) groups excluding carboxylic acids is 2. The van der Waals surface area contributed by atoms with E-state index in [1.165, 1.54) is 6.92 Å². The Hall–Kier alpha value is -3.81. The summed E-state index contributed by atoms with van der Waals surface area (Å²) in [7, 11) is 0. The molecule has 1 aliphatic heterocycles. The molecule has 2 aromatic carbocycles. The zero-order valence-corrected chi connectivity index (χ0v) is 18.7. The Labute approximate surface area is 191 Å². The monoisotopic (exact) mass is 449 g/mol. The van der Waals surface area contributed by atoms with E-state index in [-0.39, 0.29) is 24.4 Å². The molecule has 0 atom stereocenters. The van der Waals surface area contributed by atoms with Crippen LogP contribution in [-0.2, 0) is 4.79 Å². The molecule has 3 N–H and O–H groups in total. The van der Waals surface area contributed by atoms with Gasteiger partial charge in [0.25, 0.3) is 0 Å². The Morgan fingerprint density at radius 2 is 1.91 bits per heavy atom. The van der Waals surface area contributed by atoms with Gasteiger partial charge in [-0.1, -0.05) is 6.92 Å². The second-order valence-corrected chi connectivity index (χ2v) is 7.92. The minimum absolute atomic E-state index is 0.0293. The van der Waals surface area contributed by atoms with Gasteiger partial charge in [0, 0.05) is 41.5 Å². The van der Waals surface area contributed by atoms with Crippen molar-refractivity contribution in [1.82, 2.24) is 10.3 Å². The van der Waals surface area contributed by atoms with Crippen LogP contribution < -0.4 is 14.8 Å². The highest BCUT2D eigenvalue weighted by molar-refractivity contribution is 6.21. The van der Waals surface area contributed by atoms with Crippen LogP contribution in [0.3, 0.4) is 0 Å². The zero-order valence-electron chi connectivity index (χ0n) is 18.7. The number of nitrogens with zero attached hydrogens (tertiary/aromatic N) is 1. The number of rotatable bonds is 9. The number of nitrogens with one attached hydrogen (secondary N) is 2. The van der Waals surface area contributed by atoms with Crippen LogP contribution in [0, 0.1) is 0 Å². The third-order valence-corrected chi connectivity index (χ3v) is 5.47. The van der Waals surface area contributed by atoms with Gasteiger partial charge in [-0.05, 0) is 56.2 Å². The normalized spacial score (nSPS) is 12.8. The van der Waals surface area contributed by atoms with Crippen molar-refractivity contribution in [3.8, 4) is 17.4 Å². The van der Waals surface area contributed by atoms with Gasteiger partial charge in [0.2, 0.25) is 12.7 Å². The smallest absolute Gasteiger partial charge is 0.231 e. The van der Waals surface area contributed by atoms with Gasteiger partial charge in [-0.15, -0.1) is 0 Å². The van der Waals surface area contributed by atoms with Gasteiger partial charge in [0.1, 0.15) is 0 Å². The summed E-state index contributed by atoms with van der Waals surface area (Å²) in [6.07, 6.45) is 1.96. The van der Waals surface area contributed by atoms with E-state index in [0.717, 1.165) is 12.0 Å². The lowest BCUT2D eigenvalue weighted by molar-refractivity contribution is -0.121. The lowest BCUT2D eigenvalue weighted by Gasteiger charge is -2.10. The number of ketones is 1. The molecule has 1 amide bonds. The fourth-order valence-electron chi connectivity index (χ4n) is 3.81. The van der Waals surface area contributed by atoms with Crippen molar-refractivity contribution in [2.24, 2.45) is 4.99 Å². The molecule has 0 aliphatic carbocycles. The Kier molecular flexibility index (Phi) is 6.63. The van der Waals surface area contributed by atoms with Crippen molar-refractivity contribution in [2.75, 3.05) is 19.9 Å². The number of aromatic hydroxyl groups is 1. The van der Waals surface area contributed by atoms with Gasteiger partial charge in [0.05, 0.1) is 11.3 Å². The number of hydrogen-bond donors (Lipinski definition) is 3. The number of ether oxygens (including phenoxy) is 2. The molecule has 0 radical (unpaired) electrons. The molecule has 2 heterocycles. The van der Waals surface area contributed by atoms with Crippen LogP contribution in [0.15, 0.2) is 41.4 Å². The highest BCUT2D eigenvalue weighted by Crippen LogP contribution is 2.36. The molecule has 4 rings (SSSR count). The molecule has 0 unspecified atom stereocenters. The first kappa shape index (κ1) is 22.4. The highest BCUT2D eigenvalue weighted by atomic mass is 16.7. The van der Waals surface area contributed by atoms with E-state index in [0.29, 0.717) is 65.2 Å². The summed E-state index contributed by atoms with van der Waals surface area (Å²) in [5.74, 6) is 1.20. The zero-order chi connectivity index (χ0) is 23.4. The van der Waals surface area contributed by atoms with Crippen molar-refractivity contribution < 1.29 is 24.2 Å². The van der Waals surface area contributed by atoms with Crippen LogP contribution in [0.25, 0.3) is 10.9 Å². The maximum absolute atomic E-state index is 12.0. The Morgan fingerprint density at radius 3 is 2.70 bits per heavy atom. The van der Waals surface area contributed by atoms with Crippen LogP contribution in [-0.4, -0.2) is 47.4 Å². The van der Waals surface area contributed by atoms with E-state index in [1.54, 1.807) is 18.2 Å². The first-order valence-electron chi connectivity index (χ1n) is 11.0. The third-order valence-electron chi connectivity index (χ3n) is 5.47. The molecule has 0 saturated carbocycles. The Bertz CT molecular complexity index is 1230. The molecule has 0 spiro atoms. The number of benzene rings is 2. The molecule has 172 valence electrons. The molecule has 1 aromatic heterocycles. The number of aromatic amines is 1. The summed E-state index contributed by atoms with van der Waals surface area (Å²) in [4.78, 5) is 31.4. The van der Waals surface area contributed by atoms with Gasteiger partial charge in [-0.3, -0.25) is 14.6 Å². The van der Waals surface area contributed by atoms with Crippen LogP contribution in [0.4, 0.5) is 0 Å². The molecule has 0 saturated heterocycles. The number of Topliss-reactive ketones (excluding diaryl/α,β-unsaturated/α-hetero) is 1. The average molecular weight is 450 g/mol. The van der Waals surface area contributed by atoms with E-state index in [1.807, 2.05) is 25.1 Å². The van der Waals surface area contributed by atoms with Gasteiger partial charge in [-0.25, -0.2) is 0 Å². The van der Waals surface area contributed by atoms with Crippen molar-refractivity contribution in [3.05, 3.63) is 53.1 Å². The Balaban J connectivity index is 1.70. The van der Waals surface area contributed by atoms with Crippen LogP contribution in [0.1, 0.15) is 54.6 Å². The van der Waals surface area contributed by atoms with Crippen LogP contribution in [0.2, 0.25) is 0 Å². The Morgan fingerprint density at radius 1 is 1.12 bits per heavy atom. The third kappa shape index (κ3) is 4.84. The summed E-state index contributed by atoms with van der Waals surface area (Å²) in [6, 6.07) is 10.8. The van der Waals surface area contributed by atoms with E-state index >= 15 is 0 Å². The largest absolute Gasteiger partial charge is 0.494 e. The average Bonchev–Trinajstić information content (AvgIpc) is 3.39. The highest BCUT2D eigenvalue weighted by Gasteiger charge is 2.22. The molecule has 1 aliphatic rings. The number of H-pyrrole nitrogens is 1. The van der Waals surface area contributed by atoms with Crippen molar-refractivity contribution in [2.45, 2.75) is 33.1 Å². The fourth-order valence-corrected chi connectivity index (χ4v) is 3.81. The predicted octanol–water partition coefficient (Wildman–Crippen LogP) is 3.95. The van der Waals surface area contributed by atoms with Gasteiger partial charge in [0.15, 0.2) is 23.2 Å². The number of carbonyl (C=O) groups is 2. The maximum atomic E-state index is 12.0. The number of fused-ring (bicyclic) bond motifs is 2. The molecule has 8 nitrogen and oxygen atoms in total. The van der Waals surface area contributed by atoms with E-state index < -0.39 is 0 Å². The van der Waals surface area contributed by atoms with E-state index in [2.05, 4.69) is 10.3 Å². The molecule has 8 heteroatoms.